The van der Waals surface area contributed by atoms with Crippen molar-refractivity contribution in [1.82, 2.24) is 24.4 Å². The van der Waals surface area contributed by atoms with Crippen molar-refractivity contribution in [2.75, 3.05) is 25.0 Å². The topological polar surface area (TPSA) is 105 Å². The van der Waals surface area contributed by atoms with Gasteiger partial charge in [0, 0.05) is 57.8 Å². The Kier molecular flexibility index (Phi) is 9.37. The van der Waals surface area contributed by atoms with Crippen LogP contribution in [-0.4, -0.2) is 55.9 Å². The number of benzene rings is 3. The summed E-state index contributed by atoms with van der Waals surface area (Å²) >= 11 is 12.7. The molecule has 1 atom stereocenters. The van der Waals surface area contributed by atoms with Crippen molar-refractivity contribution >= 4 is 51.6 Å². The maximum absolute atomic E-state index is 14.4. The molecule has 0 saturated carbocycles. The van der Waals surface area contributed by atoms with Gasteiger partial charge in [0.2, 0.25) is 11.8 Å². The number of likely N-dealkylation sites (tertiary alicyclic amines) is 1. The van der Waals surface area contributed by atoms with Crippen LogP contribution in [0, 0.1) is 0 Å². The Labute approximate surface area is 293 Å². The van der Waals surface area contributed by atoms with E-state index in [2.05, 4.69) is 26.8 Å². The molecule has 6 aromatic rings. The van der Waals surface area contributed by atoms with Crippen molar-refractivity contribution < 1.29 is 14.3 Å². The summed E-state index contributed by atoms with van der Waals surface area (Å²) in [6.07, 6.45) is 5.59. The normalized spacial score (nSPS) is 13.6. The minimum Gasteiger partial charge on any atom is -0.476 e. The van der Waals surface area contributed by atoms with Gasteiger partial charge < -0.3 is 24.5 Å². The van der Waals surface area contributed by atoms with Crippen LogP contribution < -0.4 is 10.1 Å². The number of aromatic nitrogens is 4. The van der Waals surface area contributed by atoms with Crippen molar-refractivity contribution in [2.24, 2.45) is 0 Å². The molecule has 1 aliphatic heterocycles. The van der Waals surface area contributed by atoms with Gasteiger partial charge in [-0.25, -0.2) is 9.97 Å². The number of hydrogen-bond donors (Lipinski definition) is 2. The molecule has 11 heteroatoms. The molecule has 2 amide bonds. The molecule has 1 fully saturated rings. The predicted molar refractivity (Wildman–Crippen MR) is 193 cm³/mol. The van der Waals surface area contributed by atoms with Crippen LogP contribution >= 0.6 is 23.2 Å². The van der Waals surface area contributed by atoms with Crippen LogP contribution in [0.5, 0.6) is 5.88 Å². The van der Waals surface area contributed by atoms with Crippen LogP contribution in [0.3, 0.4) is 0 Å². The van der Waals surface area contributed by atoms with Crippen LogP contribution in [0.4, 0.5) is 5.69 Å². The molecule has 1 unspecified atom stereocenters. The summed E-state index contributed by atoms with van der Waals surface area (Å²) < 4.78 is 8.10. The number of fused-ring (bicyclic) bond motifs is 1. The van der Waals surface area contributed by atoms with Crippen LogP contribution in [0.25, 0.3) is 33.4 Å². The third-order valence-corrected chi connectivity index (χ3v) is 9.32. The van der Waals surface area contributed by atoms with Gasteiger partial charge in [0.1, 0.15) is 11.4 Å². The fraction of sp³-hybridized carbons (Fsp3) is 0.211. The quantitative estimate of drug-likeness (QED) is 0.132. The molecule has 1 aliphatic rings. The molecule has 0 bridgehead atoms. The minimum atomic E-state index is -0.381. The molecule has 248 valence electrons. The monoisotopic (exact) mass is 692 g/mol. The van der Waals surface area contributed by atoms with Gasteiger partial charge in [-0.3, -0.25) is 9.59 Å². The number of anilines is 1. The highest BCUT2D eigenvalue weighted by atomic mass is 35.5. The first-order valence-corrected chi connectivity index (χ1v) is 17.0. The highest BCUT2D eigenvalue weighted by Crippen LogP contribution is 2.41. The second-order valence-electron chi connectivity index (χ2n) is 12.0. The zero-order valence-corrected chi connectivity index (χ0v) is 28.3. The van der Waals surface area contributed by atoms with E-state index in [1.165, 1.54) is 0 Å². The number of halogens is 2. The van der Waals surface area contributed by atoms with Gasteiger partial charge in [0.05, 0.1) is 30.4 Å². The molecule has 49 heavy (non-hydrogen) atoms. The van der Waals surface area contributed by atoms with E-state index in [0.717, 1.165) is 40.9 Å². The Morgan fingerprint density at radius 2 is 1.80 bits per heavy atom. The molecule has 0 spiro atoms. The summed E-state index contributed by atoms with van der Waals surface area (Å²) in [6, 6.07) is 26.5. The number of nitrogens with zero attached hydrogens (tertiary/aromatic N) is 4. The van der Waals surface area contributed by atoms with E-state index >= 15 is 0 Å². The Bertz CT molecular complexity index is 2130. The van der Waals surface area contributed by atoms with E-state index in [0.29, 0.717) is 64.4 Å². The molecule has 4 heterocycles. The van der Waals surface area contributed by atoms with Gasteiger partial charge in [0.25, 0.3) is 5.91 Å². The largest absolute Gasteiger partial charge is 0.476 e. The third kappa shape index (κ3) is 6.77. The summed E-state index contributed by atoms with van der Waals surface area (Å²) in [4.78, 5) is 40.9. The highest BCUT2D eigenvalue weighted by Gasteiger charge is 2.28. The van der Waals surface area contributed by atoms with E-state index < -0.39 is 0 Å². The number of H-pyrrole nitrogens is 1. The van der Waals surface area contributed by atoms with Crippen LogP contribution in [-0.2, 0) is 4.79 Å². The highest BCUT2D eigenvalue weighted by molar-refractivity contribution is 6.31. The molecule has 2 N–H and O–H groups in total. The number of carbonyl (C=O) groups excluding carboxylic acids is 2. The first kappa shape index (κ1) is 32.4. The summed E-state index contributed by atoms with van der Waals surface area (Å²) in [6.45, 7) is 3.85. The van der Waals surface area contributed by atoms with Crippen molar-refractivity contribution in [3.05, 3.63) is 119 Å². The van der Waals surface area contributed by atoms with Gasteiger partial charge >= 0.3 is 0 Å². The lowest BCUT2D eigenvalue weighted by atomic mass is 9.99. The number of nitrogens with one attached hydrogen (secondary N) is 2. The summed E-state index contributed by atoms with van der Waals surface area (Å²) in [5.41, 5.74) is 5.59. The summed E-state index contributed by atoms with van der Waals surface area (Å²) in [5, 5.41) is 5.05. The second-order valence-corrected chi connectivity index (χ2v) is 12.9. The summed E-state index contributed by atoms with van der Waals surface area (Å²) in [7, 11) is 0. The lowest BCUT2D eigenvalue weighted by molar-refractivity contribution is -0.127. The van der Waals surface area contributed by atoms with Gasteiger partial charge in [0.15, 0.2) is 0 Å². The molecule has 0 aliphatic carbocycles. The van der Waals surface area contributed by atoms with Crippen LogP contribution in [0.15, 0.2) is 97.5 Å². The third-order valence-electron chi connectivity index (χ3n) is 8.84. The molecule has 3 aromatic carbocycles. The molecule has 7 rings (SSSR count). The van der Waals surface area contributed by atoms with Crippen molar-refractivity contribution in [3.8, 4) is 28.4 Å². The van der Waals surface area contributed by atoms with Crippen molar-refractivity contribution in [1.29, 1.82) is 0 Å². The summed E-state index contributed by atoms with van der Waals surface area (Å²) in [5.74, 6) is 0.102. The minimum absolute atomic E-state index is 0.153. The zero-order valence-electron chi connectivity index (χ0n) is 26.8. The smallest absolute Gasteiger partial charge is 0.272 e. The molecule has 9 nitrogen and oxygen atoms in total. The average molecular weight is 694 g/mol. The van der Waals surface area contributed by atoms with Crippen LogP contribution in [0.1, 0.15) is 48.3 Å². The van der Waals surface area contributed by atoms with E-state index in [1.807, 2.05) is 84.0 Å². The number of carbonyl (C=O) groups is 2. The van der Waals surface area contributed by atoms with E-state index in [9.17, 15) is 9.59 Å². The number of rotatable bonds is 11. The first-order valence-electron chi connectivity index (χ1n) is 16.2. The van der Waals surface area contributed by atoms with Gasteiger partial charge in [-0.1, -0.05) is 71.7 Å². The molecule has 1 saturated heterocycles. The number of imidazole rings is 1. The second kappa shape index (κ2) is 14.2. The maximum Gasteiger partial charge on any atom is 0.272 e. The van der Waals surface area contributed by atoms with E-state index in [-0.39, 0.29) is 17.9 Å². The van der Waals surface area contributed by atoms with Gasteiger partial charge in [-0.15, -0.1) is 0 Å². The fourth-order valence-corrected chi connectivity index (χ4v) is 6.65. The number of ether oxygens (including phenoxy) is 1. The first-order chi connectivity index (χ1) is 23.9. The maximum atomic E-state index is 14.4. The Balaban J connectivity index is 1.28. The number of aromatic amines is 1. The molecule has 3 aromatic heterocycles. The Hall–Kier alpha value is -5.12. The Morgan fingerprint density at radius 3 is 2.57 bits per heavy atom. The van der Waals surface area contributed by atoms with Crippen molar-refractivity contribution in [2.45, 2.75) is 32.2 Å². The molecular formula is C38H34Cl2N6O3. The standard InChI is InChI=1S/C38H34Cl2N6O3/c1-24(25-12-14-27(39)15-13-25)46-23-42-34(26-8-3-2-4-9-26)36(46)33-29-17-16-28(40)22-31(29)43-35(33)37(48)44-30-10-5-18-41-38(30)49-21-7-20-45-19-6-11-32(45)47/h2-5,8-10,12-18,22-24,43H,6-7,11,19-21H2,1H3,(H,44,48). The Morgan fingerprint density at radius 1 is 1.00 bits per heavy atom. The number of pyridine rings is 1. The fourth-order valence-electron chi connectivity index (χ4n) is 6.35. The van der Waals surface area contributed by atoms with E-state index in [1.54, 1.807) is 18.3 Å². The number of amides is 2. The zero-order chi connectivity index (χ0) is 33.9. The average Bonchev–Trinajstić information content (AvgIpc) is 3.84. The van der Waals surface area contributed by atoms with Gasteiger partial charge in [-0.05, 0) is 61.7 Å². The number of hydrogen-bond acceptors (Lipinski definition) is 5. The lowest BCUT2D eigenvalue weighted by Gasteiger charge is -2.19. The SMILES string of the molecule is CC(c1ccc(Cl)cc1)n1cnc(-c2ccccc2)c1-c1c(C(=O)Nc2cccnc2OCCCN2CCCC2=O)[nH]c2cc(Cl)ccc12. The van der Waals surface area contributed by atoms with Gasteiger partial charge in [-0.2, -0.15) is 0 Å². The predicted octanol–water partition coefficient (Wildman–Crippen LogP) is 8.65. The molecule has 0 radical (unpaired) electrons. The lowest BCUT2D eigenvalue weighted by Crippen LogP contribution is -2.26. The van der Waals surface area contributed by atoms with E-state index in [4.69, 9.17) is 32.9 Å². The van der Waals surface area contributed by atoms with Crippen LogP contribution in [0.2, 0.25) is 10.0 Å². The molecular weight excluding hydrogens is 659 g/mol. The van der Waals surface area contributed by atoms with Crippen molar-refractivity contribution in [3.63, 3.8) is 0 Å².